The predicted molar refractivity (Wildman–Crippen MR) is 136 cm³/mol. The summed E-state index contributed by atoms with van der Waals surface area (Å²) in [6.45, 7) is 1.92. The molecule has 1 aliphatic carbocycles. The Kier molecular flexibility index (Phi) is 6.05. The van der Waals surface area contributed by atoms with Crippen LogP contribution in [0.4, 0.5) is 0 Å². The smallest absolute Gasteiger partial charge is 0.265 e. The molecule has 0 aliphatic heterocycles. The molecule has 1 aliphatic rings. The van der Waals surface area contributed by atoms with Crippen LogP contribution in [-0.2, 0) is 0 Å². The lowest BCUT2D eigenvalue weighted by Gasteiger charge is -2.14. The summed E-state index contributed by atoms with van der Waals surface area (Å²) in [5.74, 6) is -0.487. The quantitative estimate of drug-likeness (QED) is 0.351. The third kappa shape index (κ3) is 4.17. The number of nitrogens with zero attached hydrogens (tertiary/aromatic N) is 1. The second kappa shape index (κ2) is 9.15. The molecule has 2 amide bonds. The number of aromatic amines is 1. The van der Waals surface area contributed by atoms with E-state index >= 15 is 0 Å². The van der Waals surface area contributed by atoms with Crippen LogP contribution in [0.5, 0.6) is 0 Å². The van der Waals surface area contributed by atoms with Gasteiger partial charge < -0.3 is 15.6 Å². The van der Waals surface area contributed by atoms with Crippen molar-refractivity contribution >= 4 is 51.9 Å². The molecule has 7 nitrogen and oxygen atoms in total. The normalized spacial score (nSPS) is 15.0. The molecular weight excluding hydrogens is 468 g/mol. The Morgan fingerprint density at radius 1 is 1.12 bits per heavy atom. The topological polar surface area (TPSA) is 95.5 Å². The number of thiazole rings is 1. The van der Waals surface area contributed by atoms with Crippen molar-refractivity contribution in [3.05, 3.63) is 78.8 Å². The summed E-state index contributed by atoms with van der Waals surface area (Å²) in [7, 11) is 0. The van der Waals surface area contributed by atoms with E-state index in [9.17, 15) is 14.4 Å². The van der Waals surface area contributed by atoms with E-state index in [2.05, 4.69) is 15.6 Å². The van der Waals surface area contributed by atoms with Crippen molar-refractivity contribution in [3.8, 4) is 0 Å². The minimum atomic E-state index is -0.331. The van der Waals surface area contributed by atoms with Crippen molar-refractivity contribution in [3.63, 3.8) is 0 Å². The maximum absolute atomic E-state index is 13.0. The van der Waals surface area contributed by atoms with E-state index in [1.54, 1.807) is 22.6 Å². The number of amides is 2. The van der Waals surface area contributed by atoms with Crippen LogP contribution < -0.4 is 16.2 Å². The summed E-state index contributed by atoms with van der Waals surface area (Å²) < 4.78 is 2.11. The molecule has 0 spiro atoms. The summed E-state index contributed by atoms with van der Waals surface area (Å²) in [5.41, 5.74) is 1.93. The maximum atomic E-state index is 13.0. The van der Waals surface area contributed by atoms with Gasteiger partial charge in [-0.2, -0.15) is 0 Å². The van der Waals surface area contributed by atoms with Crippen LogP contribution in [0.2, 0.25) is 0 Å². The fourth-order valence-corrected chi connectivity index (χ4v) is 5.80. The van der Waals surface area contributed by atoms with Crippen molar-refractivity contribution in [1.82, 2.24) is 20.0 Å². The van der Waals surface area contributed by atoms with E-state index in [0.29, 0.717) is 30.9 Å². The summed E-state index contributed by atoms with van der Waals surface area (Å²) in [6.07, 6.45) is 4.13. The van der Waals surface area contributed by atoms with E-state index in [0.717, 1.165) is 42.6 Å². The van der Waals surface area contributed by atoms with Gasteiger partial charge in [-0.05, 0) is 55.7 Å². The molecule has 0 saturated heterocycles. The maximum Gasteiger partial charge on any atom is 0.265 e. The van der Waals surface area contributed by atoms with Gasteiger partial charge in [0.1, 0.15) is 10.5 Å². The monoisotopic (exact) mass is 492 g/mol. The number of hydrogen-bond acceptors (Lipinski definition) is 5. The van der Waals surface area contributed by atoms with Gasteiger partial charge in [0.05, 0.1) is 16.9 Å². The van der Waals surface area contributed by atoms with E-state index < -0.39 is 0 Å². The van der Waals surface area contributed by atoms with Crippen LogP contribution in [0, 0.1) is 3.95 Å². The molecule has 1 saturated carbocycles. The molecule has 2 aromatic heterocycles. The molecule has 2 aromatic carbocycles. The lowest BCUT2D eigenvalue weighted by molar-refractivity contribution is 0.0932. The zero-order valence-electron chi connectivity index (χ0n) is 18.6. The van der Waals surface area contributed by atoms with Gasteiger partial charge in [0.15, 0.2) is 3.95 Å². The Morgan fingerprint density at radius 2 is 1.85 bits per heavy atom. The van der Waals surface area contributed by atoms with Crippen molar-refractivity contribution in [1.29, 1.82) is 0 Å². The summed E-state index contributed by atoms with van der Waals surface area (Å²) >= 11 is 6.73. The SMILES string of the molecule is CC(NC(=O)c1ccc2c(=O)[nH]c3c(C(=O)NC4CCCC4)sc(=S)n3c2c1)c1ccccc1. The first-order chi connectivity index (χ1) is 16.4. The molecule has 34 heavy (non-hydrogen) atoms. The van der Waals surface area contributed by atoms with Crippen LogP contribution in [0.25, 0.3) is 16.6 Å². The van der Waals surface area contributed by atoms with E-state index in [1.165, 1.54) is 0 Å². The Bertz CT molecular complexity index is 1510. The first kappa shape index (κ1) is 22.5. The lowest BCUT2D eigenvalue weighted by atomic mass is 10.1. The molecule has 4 aromatic rings. The highest BCUT2D eigenvalue weighted by atomic mass is 32.1. The first-order valence-corrected chi connectivity index (χ1v) is 12.5. The van der Waals surface area contributed by atoms with Gasteiger partial charge in [-0.15, -0.1) is 0 Å². The number of benzene rings is 2. The number of fused-ring (bicyclic) bond motifs is 3. The first-order valence-electron chi connectivity index (χ1n) is 11.3. The van der Waals surface area contributed by atoms with Crippen LogP contribution in [0.1, 0.15) is 64.2 Å². The summed E-state index contributed by atoms with van der Waals surface area (Å²) in [5, 5.41) is 6.46. The zero-order chi connectivity index (χ0) is 23.8. The molecule has 3 N–H and O–H groups in total. The number of rotatable bonds is 5. The van der Waals surface area contributed by atoms with Crippen molar-refractivity contribution < 1.29 is 9.59 Å². The second-order valence-electron chi connectivity index (χ2n) is 8.63. The minimum absolute atomic E-state index is 0.150. The number of hydrogen-bond donors (Lipinski definition) is 3. The van der Waals surface area contributed by atoms with E-state index in [-0.39, 0.29) is 29.5 Å². The number of H-pyrrole nitrogens is 1. The van der Waals surface area contributed by atoms with Gasteiger partial charge in [-0.1, -0.05) is 54.5 Å². The number of carbonyl (C=O) groups excluding carboxylic acids is 2. The second-order valence-corrected chi connectivity index (χ2v) is 10.3. The van der Waals surface area contributed by atoms with Crippen molar-refractivity contribution in [2.24, 2.45) is 0 Å². The molecule has 1 fully saturated rings. The molecule has 1 unspecified atom stereocenters. The third-order valence-corrected chi connectivity index (χ3v) is 7.70. The van der Waals surface area contributed by atoms with Crippen molar-refractivity contribution in [2.45, 2.75) is 44.7 Å². The average Bonchev–Trinajstić information content (AvgIpc) is 3.47. The molecular formula is C25H24N4O3S2. The molecule has 174 valence electrons. The highest BCUT2D eigenvalue weighted by Crippen LogP contribution is 2.25. The predicted octanol–water partition coefficient (Wildman–Crippen LogP) is 4.74. The van der Waals surface area contributed by atoms with Gasteiger partial charge in [-0.3, -0.25) is 18.8 Å². The minimum Gasteiger partial charge on any atom is -0.348 e. The number of aromatic nitrogens is 2. The molecule has 9 heteroatoms. The third-order valence-electron chi connectivity index (χ3n) is 6.33. The van der Waals surface area contributed by atoms with Gasteiger partial charge in [0, 0.05) is 11.6 Å². The van der Waals surface area contributed by atoms with Gasteiger partial charge in [-0.25, -0.2) is 0 Å². The van der Waals surface area contributed by atoms with Gasteiger partial charge in [0.25, 0.3) is 17.4 Å². The van der Waals surface area contributed by atoms with E-state index in [1.807, 2.05) is 37.3 Å². The fraction of sp³-hybridized carbons (Fsp3) is 0.280. The van der Waals surface area contributed by atoms with Crippen LogP contribution >= 0.6 is 23.6 Å². The Balaban J connectivity index is 1.53. The van der Waals surface area contributed by atoms with E-state index in [4.69, 9.17) is 12.2 Å². The highest BCUT2D eigenvalue weighted by molar-refractivity contribution is 7.73. The van der Waals surface area contributed by atoms with Crippen LogP contribution in [-0.4, -0.2) is 27.2 Å². The molecule has 0 radical (unpaired) electrons. The van der Waals surface area contributed by atoms with Crippen molar-refractivity contribution in [2.75, 3.05) is 0 Å². The van der Waals surface area contributed by atoms with Gasteiger partial charge >= 0.3 is 0 Å². The van der Waals surface area contributed by atoms with Crippen LogP contribution in [0.15, 0.2) is 53.3 Å². The molecule has 0 bridgehead atoms. The van der Waals surface area contributed by atoms with Gasteiger partial charge in [0.2, 0.25) is 0 Å². The summed E-state index contributed by atoms with van der Waals surface area (Å²) in [6, 6.07) is 14.6. The molecule has 2 heterocycles. The zero-order valence-corrected chi connectivity index (χ0v) is 20.2. The largest absolute Gasteiger partial charge is 0.348 e. The average molecular weight is 493 g/mol. The van der Waals surface area contributed by atoms with Crippen LogP contribution in [0.3, 0.4) is 0 Å². The molecule has 5 rings (SSSR count). The lowest BCUT2D eigenvalue weighted by Crippen LogP contribution is -2.32. The number of carbonyl (C=O) groups is 2. The Morgan fingerprint density at radius 3 is 2.59 bits per heavy atom. The fourth-order valence-electron chi connectivity index (χ4n) is 4.51. The summed E-state index contributed by atoms with van der Waals surface area (Å²) in [4.78, 5) is 42.0. The standard InChI is InChI=1S/C25H24N4O3S2/c1-14(15-7-3-2-4-8-15)26-22(30)16-11-12-18-19(13-16)29-21(28-23(18)31)20(34-25(29)33)24(32)27-17-9-5-6-10-17/h2-4,7-8,11-14,17H,5-6,9-10H2,1H3,(H,26,30)(H,27,32)(H,28,31). The number of nitrogens with one attached hydrogen (secondary N) is 3. The highest BCUT2D eigenvalue weighted by Gasteiger charge is 2.23. The molecule has 1 atom stereocenters. The Labute approximate surface area is 204 Å². The Hall–Kier alpha value is -3.30.